The summed E-state index contributed by atoms with van der Waals surface area (Å²) < 4.78 is 137. The van der Waals surface area contributed by atoms with Crippen molar-refractivity contribution in [2.75, 3.05) is 26.7 Å². The number of hydrogen-bond donors (Lipinski definition) is 1. The molecule has 0 unspecified atom stereocenters. The standard InChI is InChI=1S/C29H29F8N3O4S/c1-38-25(42)39-13-10-17(11-14-39)24(41)40-15-12-26(45(43,44)21-6-4-20(30)5-7-21)22-8-3-19(16-18(22)2-9-23(26)40)27(31,28(32,33)34)29(35,36)37/h3-8,16-17,23H,2,9-15H2,1H3,(H,38,42)/t23-,26-/m0/s1. The third-order valence-corrected chi connectivity index (χ3v) is 11.8. The van der Waals surface area contributed by atoms with E-state index in [1.54, 1.807) is 0 Å². The smallest absolute Gasteiger partial charge is 0.341 e. The van der Waals surface area contributed by atoms with E-state index in [0.717, 1.165) is 30.3 Å². The quantitative estimate of drug-likeness (QED) is 0.351. The zero-order chi connectivity index (χ0) is 33.2. The number of likely N-dealkylation sites (tertiary alicyclic amines) is 2. The second-order valence-corrected chi connectivity index (χ2v) is 13.7. The van der Waals surface area contributed by atoms with Gasteiger partial charge in [-0.15, -0.1) is 0 Å². The maximum atomic E-state index is 15.0. The van der Waals surface area contributed by atoms with E-state index < -0.39 is 55.9 Å². The van der Waals surface area contributed by atoms with Crippen LogP contribution in [0.2, 0.25) is 0 Å². The van der Waals surface area contributed by atoms with Gasteiger partial charge in [0.05, 0.1) is 10.9 Å². The molecule has 2 aromatic rings. The highest BCUT2D eigenvalue weighted by Crippen LogP contribution is 2.57. The van der Waals surface area contributed by atoms with Crippen molar-refractivity contribution in [3.63, 3.8) is 0 Å². The fourth-order valence-corrected chi connectivity index (χ4v) is 9.41. The van der Waals surface area contributed by atoms with E-state index >= 15 is 0 Å². The second-order valence-electron chi connectivity index (χ2n) is 11.5. The van der Waals surface area contributed by atoms with E-state index in [1.165, 1.54) is 16.8 Å². The summed E-state index contributed by atoms with van der Waals surface area (Å²) in [7, 11) is -3.11. The van der Waals surface area contributed by atoms with Crippen molar-refractivity contribution in [1.29, 1.82) is 0 Å². The number of hydrogen-bond acceptors (Lipinski definition) is 4. The van der Waals surface area contributed by atoms with Gasteiger partial charge in [-0.3, -0.25) is 4.79 Å². The molecule has 2 atom stereocenters. The Morgan fingerprint density at radius 1 is 0.889 bits per heavy atom. The van der Waals surface area contributed by atoms with Crippen molar-refractivity contribution in [2.24, 2.45) is 5.92 Å². The first kappa shape index (κ1) is 32.9. The van der Waals surface area contributed by atoms with Gasteiger partial charge in [0, 0.05) is 38.2 Å². The number of rotatable bonds is 4. The van der Waals surface area contributed by atoms with Gasteiger partial charge in [0.2, 0.25) is 5.91 Å². The first-order valence-electron chi connectivity index (χ1n) is 14.1. The fraction of sp³-hybridized carbons (Fsp3) is 0.517. The monoisotopic (exact) mass is 667 g/mol. The summed E-state index contributed by atoms with van der Waals surface area (Å²) in [6, 6.07) is 3.88. The summed E-state index contributed by atoms with van der Waals surface area (Å²) in [6.45, 7) is 0.435. The number of benzene rings is 2. The summed E-state index contributed by atoms with van der Waals surface area (Å²) in [5.74, 6) is -1.70. The lowest BCUT2D eigenvalue weighted by Gasteiger charge is -2.44. The fourth-order valence-electron chi connectivity index (χ4n) is 7.04. The number of sulfone groups is 1. The highest BCUT2D eigenvalue weighted by Gasteiger charge is 2.74. The summed E-state index contributed by atoms with van der Waals surface area (Å²) in [5, 5.41) is 2.50. The van der Waals surface area contributed by atoms with Crippen molar-refractivity contribution in [2.45, 2.75) is 65.8 Å². The van der Waals surface area contributed by atoms with Gasteiger partial charge < -0.3 is 15.1 Å². The topological polar surface area (TPSA) is 86.8 Å². The first-order valence-corrected chi connectivity index (χ1v) is 15.6. The Balaban J connectivity index is 1.60. The molecule has 246 valence electrons. The van der Waals surface area contributed by atoms with Gasteiger partial charge in [0.25, 0.3) is 0 Å². The normalized spacial score (nSPS) is 23.0. The van der Waals surface area contributed by atoms with E-state index in [4.69, 9.17) is 0 Å². The molecule has 2 heterocycles. The molecule has 0 saturated carbocycles. The van der Waals surface area contributed by atoms with Crippen LogP contribution in [0.1, 0.15) is 42.4 Å². The molecule has 16 heteroatoms. The van der Waals surface area contributed by atoms with Crippen LogP contribution in [-0.4, -0.2) is 75.2 Å². The number of amides is 3. The molecule has 3 aliphatic rings. The molecular formula is C29H29F8N3O4S. The molecule has 1 N–H and O–H groups in total. The van der Waals surface area contributed by atoms with Crippen LogP contribution in [0.5, 0.6) is 0 Å². The van der Waals surface area contributed by atoms with E-state index in [9.17, 15) is 53.1 Å². The molecule has 2 aliphatic heterocycles. The minimum atomic E-state index is -6.36. The highest BCUT2D eigenvalue weighted by atomic mass is 32.2. The van der Waals surface area contributed by atoms with Gasteiger partial charge in [-0.2, -0.15) is 26.3 Å². The lowest BCUT2D eigenvalue weighted by atomic mass is 9.76. The van der Waals surface area contributed by atoms with Crippen LogP contribution in [0.4, 0.5) is 39.9 Å². The van der Waals surface area contributed by atoms with Crippen LogP contribution in [-0.2, 0) is 31.5 Å². The molecule has 0 bridgehead atoms. The van der Waals surface area contributed by atoms with Crippen molar-refractivity contribution in [3.8, 4) is 0 Å². The van der Waals surface area contributed by atoms with Crippen molar-refractivity contribution in [3.05, 3.63) is 65.0 Å². The average molecular weight is 668 g/mol. The average Bonchev–Trinajstić information content (AvgIpc) is 3.40. The van der Waals surface area contributed by atoms with Crippen LogP contribution in [0.25, 0.3) is 0 Å². The number of nitrogens with one attached hydrogen (secondary N) is 1. The SMILES string of the molecule is CNC(=O)N1CCC(C(=O)N2CC[C@]3(S(=O)(=O)c4ccc(F)cc4)c4ccc(C(F)(C(F)(F)F)C(F)(F)F)cc4CC[C@H]23)CC1. The van der Waals surface area contributed by atoms with Crippen molar-refractivity contribution in [1.82, 2.24) is 15.1 Å². The first-order chi connectivity index (χ1) is 20.9. The number of urea groups is 1. The third-order valence-electron chi connectivity index (χ3n) is 9.30. The Morgan fingerprint density at radius 3 is 2.04 bits per heavy atom. The Morgan fingerprint density at radius 2 is 1.49 bits per heavy atom. The van der Waals surface area contributed by atoms with E-state index in [0.29, 0.717) is 25.0 Å². The van der Waals surface area contributed by atoms with Gasteiger partial charge in [-0.25, -0.2) is 22.0 Å². The van der Waals surface area contributed by atoms with Crippen LogP contribution < -0.4 is 5.32 Å². The largest absolute Gasteiger partial charge is 0.435 e. The molecule has 0 spiro atoms. The van der Waals surface area contributed by atoms with Gasteiger partial charge in [0.1, 0.15) is 10.6 Å². The summed E-state index contributed by atoms with van der Waals surface area (Å²) in [4.78, 5) is 28.4. The molecule has 7 nitrogen and oxygen atoms in total. The molecule has 45 heavy (non-hydrogen) atoms. The summed E-state index contributed by atoms with van der Waals surface area (Å²) >= 11 is 0. The van der Waals surface area contributed by atoms with Crippen LogP contribution in [0.3, 0.4) is 0 Å². The predicted octanol–water partition coefficient (Wildman–Crippen LogP) is 5.38. The number of alkyl halides is 7. The maximum absolute atomic E-state index is 15.0. The van der Waals surface area contributed by atoms with E-state index in [1.807, 2.05) is 0 Å². The predicted molar refractivity (Wildman–Crippen MR) is 144 cm³/mol. The summed E-state index contributed by atoms with van der Waals surface area (Å²) in [6.07, 6.45) is -12.8. The lowest BCUT2D eigenvalue weighted by molar-refractivity contribution is -0.348. The Bertz CT molecular complexity index is 1570. The molecule has 2 fully saturated rings. The number of halogens is 8. The van der Waals surface area contributed by atoms with Crippen molar-refractivity contribution < 1.29 is 53.1 Å². The molecule has 0 radical (unpaired) electrons. The molecule has 0 aromatic heterocycles. The Kier molecular flexibility index (Phi) is 8.14. The molecule has 2 saturated heterocycles. The number of carbonyl (C=O) groups is 2. The van der Waals surface area contributed by atoms with Crippen LogP contribution in [0.15, 0.2) is 47.4 Å². The number of carbonyl (C=O) groups excluding carboxylic acids is 2. The molecule has 1 aliphatic carbocycles. The molecular weight excluding hydrogens is 638 g/mol. The highest BCUT2D eigenvalue weighted by molar-refractivity contribution is 7.92. The van der Waals surface area contributed by atoms with E-state index in [2.05, 4.69) is 5.32 Å². The van der Waals surface area contributed by atoms with Gasteiger partial charge in [-0.1, -0.05) is 18.2 Å². The Labute approximate surface area is 253 Å². The summed E-state index contributed by atoms with van der Waals surface area (Å²) in [5.41, 5.74) is -7.81. The van der Waals surface area contributed by atoms with Crippen LogP contribution >= 0.6 is 0 Å². The lowest BCUT2D eigenvalue weighted by Crippen LogP contribution is -2.54. The third kappa shape index (κ3) is 5.03. The van der Waals surface area contributed by atoms with Crippen LogP contribution in [0, 0.1) is 11.7 Å². The second kappa shape index (κ2) is 11.1. The van der Waals surface area contributed by atoms with Gasteiger partial charge in [-0.05, 0) is 67.5 Å². The van der Waals surface area contributed by atoms with Crippen molar-refractivity contribution >= 4 is 21.8 Å². The van der Waals surface area contributed by atoms with E-state index in [-0.39, 0.29) is 66.9 Å². The molecule has 3 amide bonds. The molecule has 5 rings (SSSR count). The van der Waals surface area contributed by atoms with Gasteiger partial charge >= 0.3 is 24.1 Å². The zero-order valence-corrected chi connectivity index (χ0v) is 24.6. The number of fused-ring (bicyclic) bond motifs is 3. The van der Waals surface area contributed by atoms with Gasteiger partial charge in [0.15, 0.2) is 9.84 Å². The zero-order valence-electron chi connectivity index (χ0n) is 23.8. The number of aryl methyl sites for hydroxylation is 1. The Hall–Kier alpha value is -3.43. The molecule has 2 aromatic carbocycles. The number of nitrogens with zero attached hydrogens (tertiary/aromatic N) is 2. The minimum Gasteiger partial charge on any atom is -0.341 e. The minimum absolute atomic E-state index is 0.0983. The maximum Gasteiger partial charge on any atom is 0.435 e. The number of piperidine rings is 1.